The van der Waals surface area contributed by atoms with Crippen LogP contribution in [0.25, 0.3) is 11.1 Å². The van der Waals surface area contributed by atoms with Crippen molar-refractivity contribution in [3.8, 4) is 17.2 Å². The third-order valence-corrected chi connectivity index (χ3v) is 8.55. The van der Waals surface area contributed by atoms with E-state index in [0.717, 1.165) is 28.1 Å². The Morgan fingerprint density at radius 1 is 1.20 bits per heavy atom. The van der Waals surface area contributed by atoms with E-state index in [9.17, 15) is 14.9 Å². The molecule has 2 unspecified atom stereocenters. The quantitative estimate of drug-likeness (QED) is 0.493. The van der Waals surface area contributed by atoms with Gasteiger partial charge >= 0.3 is 12.2 Å². The fourth-order valence-corrected chi connectivity index (χ4v) is 6.65. The first kappa shape index (κ1) is 24.6. The Morgan fingerprint density at radius 2 is 1.98 bits per heavy atom. The lowest BCUT2D eigenvalue weighted by molar-refractivity contribution is 0.0265. The second-order valence-corrected chi connectivity index (χ2v) is 12.0. The number of cyclic esters (lactones) is 1. The van der Waals surface area contributed by atoms with Crippen molar-refractivity contribution in [1.82, 2.24) is 24.9 Å². The van der Waals surface area contributed by atoms with Crippen LogP contribution in [0.5, 0.6) is 0 Å². The van der Waals surface area contributed by atoms with Crippen molar-refractivity contribution in [3.63, 3.8) is 0 Å². The molecule has 3 aliphatic heterocycles. The first-order chi connectivity index (χ1) is 19.2. The highest BCUT2D eigenvalue weighted by Crippen LogP contribution is 2.63. The number of piperidine rings is 1. The monoisotopic (exact) mass is 539 g/mol. The minimum Gasteiger partial charge on any atom is -0.444 e. The molecule has 11 heteroatoms. The van der Waals surface area contributed by atoms with Gasteiger partial charge in [0.15, 0.2) is 0 Å². The van der Waals surface area contributed by atoms with Crippen molar-refractivity contribution >= 4 is 17.9 Å². The number of rotatable bonds is 4. The summed E-state index contributed by atoms with van der Waals surface area (Å²) in [4.78, 5) is 33.3. The summed E-state index contributed by atoms with van der Waals surface area (Å²) in [6.45, 7) is 7.00. The number of hydrogen-bond donors (Lipinski definition) is 0. The molecule has 4 aliphatic rings. The van der Waals surface area contributed by atoms with E-state index in [1.165, 1.54) is 0 Å². The standard InChI is InChI=1S/C29H29N7O4/c1-28(2,3)40-26(37)34-13-20-21(14-34)29(20,16-30)25-7-5-18(12-31-25)17-4-6-22-19(10-17)11-23-24(39-27(38)36(22)23)15-35-9-8-32-33-35/h4-10,12,20-21,23-24H,11,13-15H2,1-3H3/t20?,21?,23-,24-,29?/m0/s1. The minimum absolute atomic E-state index is 0.0575. The normalized spacial score (nSPS) is 28.0. The fourth-order valence-electron chi connectivity index (χ4n) is 6.65. The highest BCUT2D eigenvalue weighted by atomic mass is 16.6. The third-order valence-electron chi connectivity index (χ3n) is 8.55. The van der Waals surface area contributed by atoms with Gasteiger partial charge in [-0.1, -0.05) is 17.3 Å². The topological polar surface area (TPSA) is 126 Å². The molecule has 11 nitrogen and oxygen atoms in total. The number of fused-ring (bicyclic) bond motifs is 4. The van der Waals surface area contributed by atoms with E-state index in [1.807, 2.05) is 51.2 Å². The maximum Gasteiger partial charge on any atom is 0.415 e. The average molecular weight is 540 g/mol. The molecular weight excluding hydrogens is 510 g/mol. The number of amides is 2. The predicted molar refractivity (Wildman–Crippen MR) is 142 cm³/mol. The summed E-state index contributed by atoms with van der Waals surface area (Å²) in [6, 6.07) is 12.4. The molecule has 5 heterocycles. The Morgan fingerprint density at radius 3 is 2.62 bits per heavy atom. The smallest absolute Gasteiger partial charge is 0.415 e. The molecule has 2 aromatic heterocycles. The van der Waals surface area contributed by atoms with Crippen molar-refractivity contribution in [2.45, 2.75) is 56.9 Å². The zero-order chi connectivity index (χ0) is 27.8. The summed E-state index contributed by atoms with van der Waals surface area (Å²) in [5.74, 6) is 0.115. The number of benzene rings is 1. The average Bonchev–Trinajstić information content (AvgIpc) is 3.51. The van der Waals surface area contributed by atoms with Gasteiger partial charge in [-0.05, 0) is 56.5 Å². The Kier molecular flexibility index (Phi) is 5.23. The third kappa shape index (κ3) is 3.73. The van der Waals surface area contributed by atoms with Crippen LogP contribution in [-0.2, 0) is 27.9 Å². The van der Waals surface area contributed by atoms with Gasteiger partial charge < -0.3 is 14.4 Å². The molecule has 0 radical (unpaired) electrons. The molecule has 2 amide bonds. The predicted octanol–water partition coefficient (Wildman–Crippen LogP) is 3.55. The number of nitrogens with zero attached hydrogens (tertiary/aromatic N) is 7. The van der Waals surface area contributed by atoms with Gasteiger partial charge in [-0.25, -0.2) is 14.3 Å². The zero-order valence-corrected chi connectivity index (χ0v) is 22.5. The van der Waals surface area contributed by atoms with E-state index >= 15 is 0 Å². The van der Waals surface area contributed by atoms with Gasteiger partial charge in [0.1, 0.15) is 17.1 Å². The molecular formula is C29H29N7O4. The SMILES string of the molecule is CC(C)(C)OC(=O)N1CC2C(C1)C2(C#N)c1ccc(-c2ccc3c(c2)C[C@H]2[C@H](Cn4ccnn4)OC(=O)N32)cn1. The van der Waals surface area contributed by atoms with Crippen molar-refractivity contribution in [1.29, 1.82) is 5.26 Å². The highest BCUT2D eigenvalue weighted by molar-refractivity contribution is 5.94. The van der Waals surface area contributed by atoms with Crippen molar-refractivity contribution < 1.29 is 19.1 Å². The van der Waals surface area contributed by atoms with Crippen LogP contribution in [0.3, 0.4) is 0 Å². The van der Waals surface area contributed by atoms with Gasteiger partial charge in [0.25, 0.3) is 0 Å². The van der Waals surface area contributed by atoms with Crippen LogP contribution in [0.15, 0.2) is 48.9 Å². The van der Waals surface area contributed by atoms with Gasteiger partial charge in [-0.15, -0.1) is 5.10 Å². The maximum atomic E-state index is 12.7. The number of pyridine rings is 1. The Bertz CT molecular complexity index is 1530. The molecule has 0 spiro atoms. The lowest BCUT2D eigenvalue weighted by Crippen LogP contribution is -2.39. The van der Waals surface area contributed by atoms with Crippen LogP contribution < -0.4 is 4.90 Å². The van der Waals surface area contributed by atoms with Gasteiger partial charge in [-0.2, -0.15) is 5.26 Å². The van der Waals surface area contributed by atoms with E-state index in [1.54, 1.807) is 26.9 Å². The number of aromatic nitrogens is 4. The molecule has 3 aromatic rings. The number of nitriles is 1. The summed E-state index contributed by atoms with van der Waals surface area (Å²) >= 11 is 0. The summed E-state index contributed by atoms with van der Waals surface area (Å²) in [7, 11) is 0. The molecule has 4 atom stereocenters. The van der Waals surface area contributed by atoms with Crippen LogP contribution in [0.2, 0.25) is 0 Å². The van der Waals surface area contributed by atoms with Gasteiger partial charge in [0.05, 0.1) is 36.2 Å². The van der Waals surface area contributed by atoms with Crippen LogP contribution in [0.1, 0.15) is 32.0 Å². The Balaban J connectivity index is 1.06. The molecule has 1 aliphatic carbocycles. The van der Waals surface area contributed by atoms with E-state index in [2.05, 4.69) is 22.4 Å². The second kappa shape index (κ2) is 8.52. The number of hydrogen-bond acceptors (Lipinski definition) is 8. The van der Waals surface area contributed by atoms with E-state index in [-0.39, 0.29) is 36.2 Å². The Hall–Kier alpha value is -4.46. The molecule has 2 saturated heterocycles. The van der Waals surface area contributed by atoms with Crippen LogP contribution in [-0.4, -0.2) is 67.9 Å². The summed E-state index contributed by atoms with van der Waals surface area (Å²) in [6.07, 6.45) is 4.89. The van der Waals surface area contributed by atoms with Crippen LogP contribution in [0, 0.1) is 23.2 Å². The van der Waals surface area contributed by atoms with Crippen LogP contribution >= 0.6 is 0 Å². The molecule has 0 bridgehead atoms. The first-order valence-electron chi connectivity index (χ1n) is 13.5. The minimum atomic E-state index is -0.667. The summed E-state index contributed by atoms with van der Waals surface area (Å²) in [5, 5.41) is 18.0. The fraction of sp³-hybridized carbons (Fsp3) is 0.448. The number of carbonyl (C=O) groups is 2. The maximum absolute atomic E-state index is 12.7. The number of ether oxygens (including phenoxy) is 2. The lowest BCUT2D eigenvalue weighted by Gasteiger charge is -2.27. The number of anilines is 1. The largest absolute Gasteiger partial charge is 0.444 e. The molecule has 40 heavy (non-hydrogen) atoms. The molecule has 3 fully saturated rings. The highest BCUT2D eigenvalue weighted by Gasteiger charge is 2.71. The van der Waals surface area contributed by atoms with Crippen molar-refractivity contribution in [3.05, 3.63) is 60.2 Å². The molecule has 0 N–H and O–H groups in total. The molecule has 7 rings (SSSR count). The van der Waals surface area contributed by atoms with E-state index in [4.69, 9.17) is 14.5 Å². The van der Waals surface area contributed by atoms with Gasteiger partial charge in [0.2, 0.25) is 0 Å². The van der Waals surface area contributed by atoms with E-state index in [0.29, 0.717) is 26.1 Å². The van der Waals surface area contributed by atoms with Crippen LogP contribution in [0.4, 0.5) is 15.3 Å². The lowest BCUT2D eigenvalue weighted by atomic mass is 9.95. The zero-order valence-electron chi connectivity index (χ0n) is 22.5. The molecule has 1 aromatic carbocycles. The van der Waals surface area contributed by atoms with Crippen molar-refractivity contribution in [2.75, 3.05) is 18.0 Å². The molecule has 204 valence electrons. The second-order valence-electron chi connectivity index (χ2n) is 12.0. The van der Waals surface area contributed by atoms with E-state index < -0.39 is 11.0 Å². The van der Waals surface area contributed by atoms with Gasteiger partial charge in [-0.3, -0.25) is 9.88 Å². The first-order valence-corrected chi connectivity index (χ1v) is 13.5. The summed E-state index contributed by atoms with van der Waals surface area (Å²) < 4.78 is 12.8. The number of likely N-dealkylation sites (tertiary alicyclic amines) is 1. The number of carbonyl (C=O) groups excluding carboxylic acids is 2. The Labute approximate surface area is 231 Å². The van der Waals surface area contributed by atoms with Gasteiger partial charge in [0, 0.05) is 42.9 Å². The summed E-state index contributed by atoms with van der Waals surface area (Å²) in [5.41, 5.74) is 3.42. The van der Waals surface area contributed by atoms with Crippen molar-refractivity contribution in [2.24, 2.45) is 11.8 Å². The molecule has 1 saturated carbocycles.